The first-order valence-corrected chi connectivity index (χ1v) is 8.31. The van der Waals surface area contributed by atoms with Crippen LogP contribution in [0.4, 0.5) is 0 Å². The van der Waals surface area contributed by atoms with Crippen LogP contribution in [-0.4, -0.2) is 39.0 Å². The zero-order valence-corrected chi connectivity index (χ0v) is 13.3. The van der Waals surface area contributed by atoms with Gasteiger partial charge < -0.3 is 10.5 Å². The van der Waals surface area contributed by atoms with Gasteiger partial charge in [-0.15, -0.1) is 0 Å². The Morgan fingerprint density at radius 1 is 1.45 bits per heavy atom. The lowest BCUT2D eigenvalue weighted by molar-refractivity contribution is 0.115. The number of nitrogens with zero attached hydrogens (tertiary/aromatic N) is 1. The van der Waals surface area contributed by atoms with Gasteiger partial charge in [0.25, 0.3) is 0 Å². The van der Waals surface area contributed by atoms with Crippen LogP contribution in [0.3, 0.4) is 0 Å². The van der Waals surface area contributed by atoms with E-state index in [2.05, 4.69) is 0 Å². The highest BCUT2D eigenvalue weighted by molar-refractivity contribution is 7.89. The van der Waals surface area contributed by atoms with Crippen molar-refractivity contribution in [3.63, 3.8) is 0 Å². The van der Waals surface area contributed by atoms with Gasteiger partial charge in [0.2, 0.25) is 10.0 Å². The van der Waals surface area contributed by atoms with Crippen molar-refractivity contribution in [2.75, 3.05) is 20.2 Å². The molecule has 0 amide bonds. The van der Waals surface area contributed by atoms with Crippen LogP contribution in [0.5, 0.6) is 0 Å². The molecule has 1 aliphatic rings. The molecule has 1 fully saturated rings. The highest BCUT2D eigenvalue weighted by Gasteiger charge is 2.34. The second-order valence-electron chi connectivity index (χ2n) is 4.55. The maximum atomic E-state index is 12.6. The summed E-state index contributed by atoms with van der Waals surface area (Å²) in [7, 11) is -2.08. The summed E-state index contributed by atoms with van der Waals surface area (Å²) in [6.45, 7) is 0.829. The van der Waals surface area contributed by atoms with E-state index in [1.807, 2.05) is 0 Å². The molecule has 1 atom stereocenters. The van der Waals surface area contributed by atoms with Crippen LogP contribution in [0.2, 0.25) is 10.0 Å². The minimum atomic E-state index is -3.65. The third kappa shape index (κ3) is 2.81. The average Bonchev–Trinajstić information content (AvgIpc) is 2.88. The van der Waals surface area contributed by atoms with Crippen molar-refractivity contribution in [3.8, 4) is 0 Å². The summed E-state index contributed by atoms with van der Waals surface area (Å²) in [5.41, 5.74) is 6.00. The van der Waals surface area contributed by atoms with E-state index in [4.69, 9.17) is 33.7 Å². The Hall–Kier alpha value is -0.370. The van der Waals surface area contributed by atoms with Gasteiger partial charge in [-0.25, -0.2) is 8.42 Å². The van der Waals surface area contributed by atoms with E-state index in [0.29, 0.717) is 30.1 Å². The lowest BCUT2D eigenvalue weighted by atomic mass is 10.2. The lowest BCUT2D eigenvalue weighted by Crippen LogP contribution is -2.30. The summed E-state index contributed by atoms with van der Waals surface area (Å²) in [4.78, 5) is 0.0424. The molecular weight excluding hydrogens is 323 g/mol. The highest BCUT2D eigenvalue weighted by atomic mass is 35.5. The number of hydrogen-bond donors (Lipinski definition) is 1. The van der Waals surface area contributed by atoms with Crippen molar-refractivity contribution in [2.45, 2.75) is 24.0 Å². The Kier molecular flexibility index (Phi) is 4.94. The first-order valence-electron chi connectivity index (χ1n) is 6.11. The standard InChI is InChI=1S/C12H16Cl2N2O3S/c1-19-8-4-5-16(7-8)20(17,18)11-3-2-10(13)9(6-15)12(11)14/h2-3,8H,4-7,15H2,1H3. The Balaban J connectivity index is 2.41. The van der Waals surface area contributed by atoms with Crippen LogP contribution in [-0.2, 0) is 21.3 Å². The summed E-state index contributed by atoms with van der Waals surface area (Å²) in [5.74, 6) is 0. The van der Waals surface area contributed by atoms with Gasteiger partial charge in [-0.05, 0) is 18.6 Å². The van der Waals surface area contributed by atoms with E-state index in [1.54, 1.807) is 7.11 Å². The predicted octanol–water partition coefficient (Wildman–Crippen LogP) is 1.86. The van der Waals surface area contributed by atoms with E-state index in [0.717, 1.165) is 0 Å². The van der Waals surface area contributed by atoms with Crippen molar-refractivity contribution < 1.29 is 13.2 Å². The van der Waals surface area contributed by atoms with Crippen LogP contribution < -0.4 is 5.73 Å². The zero-order valence-electron chi connectivity index (χ0n) is 11.0. The lowest BCUT2D eigenvalue weighted by Gasteiger charge is -2.18. The largest absolute Gasteiger partial charge is 0.380 e. The summed E-state index contributed by atoms with van der Waals surface area (Å²) in [6.07, 6.45) is 0.592. The van der Waals surface area contributed by atoms with Gasteiger partial charge in [-0.2, -0.15) is 4.31 Å². The third-order valence-electron chi connectivity index (χ3n) is 3.41. The van der Waals surface area contributed by atoms with Crippen molar-refractivity contribution in [1.82, 2.24) is 4.31 Å². The molecule has 0 bridgehead atoms. The quantitative estimate of drug-likeness (QED) is 0.909. The second-order valence-corrected chi connectivity index (χ2v) is 7.24. The van der Waals surface area contributed by atoms with Gasteiger partial charge in [0.1, 0.15) is 4.90 Å². The third-order valence-corrected chi connectivity index (χ3v) is 6.22. The molecule has 20 heavy (non-hydrogen) atoms. The fourth-order valence-corrected chi connectivity index (χ4v) is 4.60. The molecule has 0 aliphatic carbocycles. The van der Waals surface area contributed by atoms with Gasteiger partial charge in [-0.3, -0.25) is 0 Å². The first-order chi connectivity index (χ1) is 9.41. The van der Waals surface area contributed by atoms with Crippen molar-refractivity contribution in [1.29, 1.82) is 0 Å². The number of ether oxygens (including phenoxy) is 1. The number of nitrogens with two attached hydrogens (primary N) is 1. The molecule has 2 N–H and O–H groups in total. The average molecular weight is 339 g/mol. The Bertz CT molecular complexity index is 607. The molecule has 0 radical (unpaired) electrons. The molecule has 8 heteroatoms. The van der Waals surface area contributed by atoms with Crippen LogP contribution in [0.25, 0.3) is 0 Å². The van der Waals surface area contributed by atoms with E-state index in [9.17, 15) is 8.42 Å². The van der Waals surface area contributed by atoms with E-state index in [1.165, 1.54) is 16.4 Å². The first kappa shape index (κ1) is 16.0. The molecule has 1 aliphatic heterocycles. The molecular formula is C12H16Cl2N2O3S. The van der Waals surface area contributed by atoms with Crippen molar-refractivity contribution in [2.24, 2.45) is 5.73 Å². The van der Waals surface area contributed by atoms with Crippen LogP contribution >= 0.6 is 23.2 Å². The molecule has 0 spiro atoms. The number of benzene rings is 1. The number of sulfonamides is 1. The van der Waals surface area contributed by atoms with Gasteiger partial charge in [0.05, 0.1) is 11.1 Å². The van der Waals surface area contributed by atoms with Gasteiger partial charge in [0.15, 0.2) is 0 Å². The molecule has 1 aromatic carbocycles. The molecule has 1 aromatic rings. The topological polar surface area (TPSA) is 72.6 Å². The van der Waals surface area contributed by atoms with E-state index in [-0.39, 0.29) is 22.6 Å². The van der Waals surface area contributed by atoms with Gasteiger partial charge >= 0.3 is 0 Å². The van der Waals surface area contributed by atoms with E-state index >= 15 is 0 Å². The monoisotopic (exact) mass is 338 g/mol. The molecule has 2 rings (SSSR count). The smallest absolute Gasteiger partial charge is 0.244 e. The van der Waals surface area contributed by atoms with Crippen molar-refractivity contribution >= 4 is 33.2 Å². The maximum absolute atomic E-state index is 12.6. The summed E-state index contributed by atoms with van der Waals surface area (Å²) < 4.78 is 31.8. The molecule has 112 valence electrons. The Morgan fingerprint density at radius 2 is 2.15 bits per heavy atom. The molecule has 0 aromatic heterocycles. The molecule has 1 saturated heterocycles. The number of halogens is 2. The summed E-state index contributed by atoms with van der Waals surface area (Å²) in [5, 5.41) is 0.466. The number of rotatable bonds is 4. The van der Waals surface area contributed by atoms with E-state index < -0.39 is 10.0 Å². The fraction of sp³-hybridized carbons (Fsp3) is 0.500. The van der Waals surface area contributed by atoms with Crippen LogP contribution in [0.15, 0.2) is 17.0 Å². The summed E-state index contributed by atoms with van der Waals surface area (Å²) in [6, 6.07) is 2.92. The van der Waals surface area contributed by atoms with Crippen molar-refractivity contribution in [3.05, 3.63) is 27.7 Å². The Labute approximate surface area is 128 Å². The van der Waals surface area contributed by atoms with Gasteiger partial charge in [-0.1, -0.05) is 23.2 Å². The fourth-order valence-electron chi connectivity index (χ4n) is 2.21. The molecule has 0 saturated carbocycles. The normalized spacial score (nSPS) is 20.5. The summed E-state index contributed by atoms with van der Waals surface area (Å²) >= 11 is 12.1. The predicted molar refractivity (Wildman–Crippen MR) is 78.5 cm³/mol. The molecule has 1 heterocycles. The Morgan fingerprint density at radius 3 is 2.70 bits per heavy atom. The second kappa shape index (κ2) is 6.17. The minimum Gasteiger partial charge on any atom is -0.380 e. The number of methoxy groups -OCH3 is 1. The van der Waals surface area contributed by atoms with Crippen LogP contribution in [0.1, 0.15) is 12.0 Å². The van der Waals surface area contributed by atoms with Crippen LogP contribution in [0, 0.1) is 0 Å². The minimum absolute atomic E-state index is 0.0424. The molecule has 1 unspecified atom stereocenters. The maximum Gasteiger partial charge on any atom is 0.244 e. The SMILES string of the molecule is COC1CCN(S(=O)(=O)c2ccc(Cl)c(CN)c2Cl)C1. The number of hydrogen-bond acceptors (Lipinski definition) is 4. The molecule has 5 nitrogen and oxygen atoms in total. The zero-order chi connectivity index (χ0) is 14.9. The highest BCUT2D eigenvalue weighted by Crippen LogP contribution is 2.33. The van der Waals surface area contributed by atoms with Gasteiger partial charge in [0, 0.05) is 37.3 Å².